The fourth-order valence-corrected chi connectivity index (χ4v) is 1.95. The minimum absolute atomic E-state index is 0.0140. The maximum Gasteiger partial charge on any atom is 0.154 e. The van der Waals surface area contributed by atoms with Gasteiger partial charge < -0.3 is 4.74 Å². The van der Waals surface area contributed by atoms with Gasteiger partial charge in [-0.1, -0.05) is 31.9 Å². The highest BCUT2D eigenvalue weighted by molar-refractivity contribution is 5.88. The second-order valence-corrected chi connectivity index (χ2v) is 4.49. The van der Waals surface area contributed by atoms with Gasteiger partial charge in [-0.3, -0.25) is 4.79 Å². The molecule has 0 aliphatic heterocycles. The van der Waals surface area contributed by atoms with Crippen molar-refractivity contribution in [1.29, 1.82) is 5.26 Å². The van der Waals surface area contributed by atoms with Crippen LogP contribution in [0.5, 0.6) is 5.75 Å². The van der Waals surface area contributed by atoms with Gasteiger partial charge in [0.05, 0.1) is 12.7 Å². The van der Waals surface area contributed by atoms with Gasteiger partial charge in [0, 0.05) is 6.42 Å². The third kappa shape index (κ3) is 4.75. The van der Waals surface area contributed by atoms with Gasteiger partial charge in [0.2, 0.25) is 0 Å². The van der Waals surface area contributed by atoms with E-state index in [-0.39, 0.29) is 5.78 Å². The first-order valence-corrected chi connectivity index (χ1v) is 6.88. The fourth-order valence-electron chi connectivity index (χ4n) is 1.95. The first-order valence-electron chi connectivity index (χ1n) is 6.88. The molecule has 0 N–H and O–H groups in total. The van der Waals surface area contributed by atoms with Gasteiger partial charge in [-0.05, 0) is 31.0 Å². The van der Waals surface area contributed by atoms with E-state index in [1.54, 1.807) is 12.1 Å². The zero-order valence-corrected chi connectivity index (χ0v) is 11.7. The Morgan fingerprint density at radius 3 is 2.47 bits per heavy atom. The maximum atomic E-state index is 12.0. The van der Waals surface area contributed by atoms with Crippen LogP contribution in [0.15, 0.2) is 24.3 Å². The monoisotopic (exact) mass is 259 g/mol. The molecule has 0 heterocycles. The van der Waals surface area contributed by atoms with Crippen molar-refractivity contribution in [2.24, 2.45) is 0 Å². The van der Waals surface area contributed by atoms with Gasteiger partial charge in [0.1, 0.15) is 11.7 Å². The summed E-state index contributed by atoms with van der Waals surface area (Å²) < 4.78 is 5.35. The van der Waals surface area contributed by atoms with Crippen LogP contribution in [0.4, 0.5) is 0 Å². The van der Waals surface area contributed by atoms with E-state index in [0.29, 0.717) is 13.0 Å². The predicted octanol–water partition coefficient (Wildman–Crippen LogP) is 3.84. The normalized spacial score (nSPS) is 11.6. The van der Waals surface area contributed by atoms with Crippen LogP contribution in [-0.2, 0) is 4.79 Å². The number of rotatable bonds is 8. The highest BCUT2D eigenvalue weighted by Crippen LogP contribution is 2.22. The van der Waals surface area contributed by atoms with Gasteiger partial charge >= 0.3 is 0 Å². The molecule has 0 amide bonds. The van der Waals surface area contributed by atoms with Crippen LogP contribution in [0, 0.1) is 11.3 Å². The van der Waals surface area contributed by atoms with Crippen LogP contribution >= 0.6 is 0 Å². The van der Waals surface area contributed by atoms with E-state index >= 15 is 0 Å². The Balaban J connectivity index is 2.68. The second-order valence-electron chi connectivity index (χ2n) is 4.49. The van der Waals surface area contributed by atoms with E-state index in [0.717, 1.165) is 30.6 Å². The standard InChI is InChI=1S/C16H21NO2/c1-3-5-6-7-16(18)15(12-17)13-8-10-14(11-9-13)19-4-2/h8-11,15H,3-7H2,1-2H3. The zero-order chi connectivity index (χ0) is 14.1. The van der Waals surface area contributed by atoms with Crippen molar-refractivity contribution in [3.63, 3.8) is 0 Å². The Bertz CT molecular complexity index is 431. The molecule has 1 atom stereocenters. The van der Waals surface area contributed by atoms with Gasteiger partial charge in [0.15, 0.2) is 5.78 Å². The van der Waals surface area contributed by atoms with E-state index in [1.807, 2.05) is 19.1 Å². The minimum Gasteiger partial charge on any atom is -0.494 e. The van der Waals surface area contributed by atoms with E-state index < -0.39 is 5.92 Å². The van der Waals surface area contributed by atoms with Crippen LogP contribution in [0.25, 0.3) is 0 Å². The third-order valence-electron chi connectivity index (χ3n) is 3.00. The molecule has 0 aliphatic rings. The molecular formula is C16H21NO2. The van der Waals surface area contributed by atoms with Crippen molar-refractivity contribution in [1.82, 2.24) is 0 Å². The van der Waals surface area contributed by atoms with Crippen LogP contribution in [0.1, 0.15) is 51.0 Å². The number of Topliss-reactive ketones (excluding diaryl/α,β-unsaturated/α-hetero) is 1. The lowest BCUT2D eigenvalue weighted by Gasteiger charge is -2.09. The molecule has 3 nitrogen and oxygen atoms in total. The molecule has 0 aromatic heterocycles. The summed E-state index contributed by atoms with van der Waals surface area (Å²) >= 11 is 0. The smallest absolute Gasteiger partial charge is 0.154 e. The van der Waals surface area contributed by atoms with Crippen LogP contribution in [0.2, 0.25) is 0 Å². The number of nitriles is 1. The summed E-state index contributed by atoms with van der Waals surface area (Å²) in [6, 6.07) is 9.33. The molecule has 19 heavy (non-hydrogen) atoms. The van der Waals surface area contributed by atoms with E-state index in [9.17, 15) is 10.1 Å². The van der Waals surface area contributed by atoms with Gasteiger partial charge in [-0.25, -0.2) is 0 Å². The number of nitrogens with zero attached hydrogens (tertiary/aromatic N) is 1. The predicted molar refractivity (Wildman–Crippen MR) is 75.1 cm³/mol. The fraction of sp³-hybridized carbons (Fsp3) is 0.500. The molecule has 1 aromatic carbocycles. The average Bonchev–Trinajstić information content (AvgIpc) is 2.42. The zero-order valence-electron chi connectivity index (χ0n) is 11.7. The molecule has 0 saturated heterocycles. The van der Waals surface area contributed by atoms with Crippen molar-refractivity contribution >= 4 is 5.78 Å². The SMILES string of the molecule is CCCCCC(=O)C(C#N)c1ccc(OCC)cc1. The molecule has 1 rings (SSSR count). The number of ketones is 1. The number of benzene rings is 1. The molecule has 3 heteroatoms. The van der Waals surface area contributed by atoms with E-state index in [1.165, 1.54) is 0 Å². The van der Waals surface area contributed by atoms with Crippen LogP contribution in [0.3, 0.4) is 0 Å². The molecule has 1 unspecified atom stereocenters. The summed E-state index contributed by atoms with van der Waals surface area (Å²) in [5, 5.41) is 9.18. The molecule has 1 aromatic rings. The summed E-state index contributed by atoms with van der Waals surface area (Å²) in [7, 11) is 0. The summed E-state index contributed by atoms with van der Waals surface area (Å²) in [5.41, 5.74) is 0.757. The number of carbonyl (C=O) groups is 1. The largest absolute Gasteiger partial charge is 0.494 e. The summed E-state index contributed by atoms with van der Waals surface area (Å²) in [5.74, 6) is 0.133. The van der Waals surface area contributed by atoms with Crippen molar-refractivity contribution < 1.29 is 9.53 Å². The first kappa shape index (κ1) is 15.2. The lowest BCUT2D eigenvalue weighted by Crippen LogP contribution is -2.10. The summed E-state index contributed by atoms with van der Waals surface area (Å²) in [6.45, 7) is 4.62. The van der Waals surface area contributed by atoms with Crippen molar-refractivity contribution in [3.05, 3.63) is 29.8 Å². The molecule has 0 bridgehead atoms. The highest BCUT2D eigenvalue weighted by Gasteiger charge is 2.19. The molecule has 102 valence electrons. The second kappa shape index (κ2) is 8.31. The molecule has 0 aliphatic carbocycles. The number of carbonyl (C=O) groups excluding carboxylic acids is 1. The van der Waals surface area contributed by atoms with E-state index in [4.69, 9.17) is 4.74 Å². The Hall–Kier alpha value is -1.82. The van der Waals surface area contributed by atoms with Crippen molar-refractivity contribution in [2.75, 3.05) is 6.61 Å². The highest BCUT2D eigenvalue weighted by atomic mass is 16.5. The van der Waals surface area contributed by atoms with Gasteiger partial charge in [-0.2, -0.15) is 5.26 Å². The number of ether oxygens (including phenoxy) is 1. The first-order chi connectivity index (χ1) is 9.22. The quantitative estimate of drug-likeness (QED) is 0.666. The topological polar surface area (TPSA) is 50.1 Å². The number of hydrogen-bond donors (Lipinski definition) is 0. The maximum absolute atomic E-state index is 12.0. The molecular weight excluding hydrogens is 238 g/mol. The number of hydrogen-bond acceptors (Lipinski definition) is 3. The number of unbranched alkanes of at least 4 members (excludes halogenated alkanes) is 2. The third-order valence-corrected chi connectivity index (χ3v) is 3.00. The Labute approximate surface area is 115 Å². The van der Waals surface area contributed by atoms with Crippen LogP contribution in [-0.4, -0.2) is 12.4 Å². The van der Waals surface area contributed by atoms with Gasteiger partial charge in [-0.15, -0.1) is 0 Å². The Kier molecular flexibility index (Phi) is 6.67. The van der Waals surface area contributed by atoms with Crippen LogP contribution < -0.4 is 4.74 Å². The minimum atomic E-state index is -0.646. The Morgan fingerprint density at radius 1 is 1.26 bits per heavy atom. The Morgan fingerprint density at radius 2 is 1.95 bits per heavy atom. The average molecular weight is 259 g/mol. The summed E-state index contributed by atoms with van der Waals surface area (Å²) in [6.07, 6.45) is 3.46. The van der Waals surface area contributed by atoms with E-state index in [2.05, 4.69) is 13.0 Å². The lowest BCUT2D eigenvalue weighted by molar-refractivity contribution is -0.119. The molecule has 0 fully saturated rings. The molecule has 0 spiro atoms. The molecule has 0 radical (unpaired) electrons. The summed E-state index contributed by atoms with van der Waals surface area (Å²) in [4.78, 5) is 12.0. The lowest BCUT2D eigenvalue weighted by atomic mass is 9.93. The van der Waals surface area contributed by atoms with Gasteiger partial charge in [0.25, 0.3) is 0 Å². The molecule has 0 saturated carbocycles. The van der Waals surface area contributed by atoms with Crippen molar-refractivity contribution in [2.45, 2.75) is 45.4 Å². The van der Waals surface area contributed by atoms with Crippen molar-refractivity contribution in [3.8, 4) is 11.8 Å².